The van der Waals surface area contributed by atoms with Crippen molar-refractivity contribution in [2.75, 3.05) is 45.8 Å². The summed E-state index contributed by atoms with van der Waals surface area (Å²) >= 11 is 0. The lowest BCUT2D eigenvalue weighted by Gasteiger charge is -2.33. The Kier molecular flexibility index (Phi) is 11.6. The number of nitrogens with one attached hydrogen (secondary N) is 2. The minimum Gasteiger partial charge on any atom is -0.357 e. The molecule has 1 atom stereocenters. The molecule has 7 heteroatoms. The van der Waals surface area contributed by atoms with Crippen LogP contribution in [0.1, 0.15) is 34.1 Å². The van der Waals surface area contributed by atoms with Crippen LogP contribution in [0.4, 0.5) is 0 Å². The van der Waals surface area contributed by atoms with Gasteiger partial charge in [-0.15, -0.1) is 24.0 Å². The highest BCUT2D eigenvalue weighted by Gasteiger charge is 2.17. The van der Waals surface area contributed by atoms with Gasteiger partial charge in [-0.05, 0) is 20.3 Å². The number of hydrogen-bond acceptors (Lipinski definition) is 3. The molecule has 0 aromatic carbocycles. The Labute approximate surface area is 152 Å². The zero-order valence-corrected chi connectivity index (χ0v) is 16.7. The van der Waals surface area contributed by atoms with Gasteiger partial charge < -0.3 is 15.5 Å². The van der Waals surface area contributed by atoms with Gasteiger partial charge in [0.2, 0.25) is 5.91 Å². The average Bonchev–Trinajstić information content (AvgIpc) is 2.47. The number of hydrogen-bond donors (Lipinski definition) is 2. The zero-order chi connectivity index (χ0) is 15.7. The number of piperazine rings is 1. The fourth-order valence-corrected chi connectivity index (χ4v) is 2.25. The van der Waals surface area contributed by atoms with E-state index in [1.54, 1.807) is 6.92 Å². The highest BCUT2D eigenvalue weighted by molar-refractivity contribution is 14.0. The normalized spacial score (nSPS) is 17.6. The van der Waals surface area contributed by atoms with Gasteiger partial charge in [0.15, 0.2) is 5.96 Å². The molecule has 0 saturated carbocycles. The molecular weight excluding hydrogens is 393 g/mol. The maximum Gasteiger partial charge on any atom is 0.219 e. The molecule has 0 aliphatic carbocycles. The summed E-state index contributed by atoms with van der Waals surface area (Å²) in [6.45, 7) is 14.2. The van der Waals surface area contributed by atoms with Crippen molar-refractivity contribution in [2.45, 2.75) is 40.2 Å². The number of carbonyl (C=O) groups excluding carboxylic acids is 1. The molecule has 2 N–H and O–H groups in total. The van der Waals surface area contributed by atoms with E-state index in [1.165, 1.54) is 0 Å². The van der Waals surface area contributed by atoms with Crippen molar-refractivity contribution in [3.05, 3.63) is 0 Å². The van der Waals surface area contributed by atoms with Crippen LogP contribution in [0.5, 0.6) is 0 Å². The first-order valence-corrected chi connectivity index (χ1v) is 8.09. The molecule has 1 amide bonds. The van der Waals surface area contributed by atoms with Crippen LogP contribution in [0.3, 0.4) is 0 Å². The van der Waals surface area contributed by atoms with Crippen LogP contribution in [0.15, 0.2) is 4.99 Å². The standard InChI is InChI=1S/C15H31N5O.HI/c1-5-13(3)18-15(16-6-2)17-7-8-19-9-11-20(12-10-19)14(4)21;/h13H,5-12H2,1-4H3,(H2,16,17,18);1H. The van der Waals surface area contributed by atoms with Crippen molar-refractivity contribution in [3.63, 3.8) is 0 Å². The molecule has 130 valence electrons. The number of rotatable bonds is 6. The van der Waals surface area contributed by atoms with Crippen molar-refractivity contribution in [1.82, 2.24) is 20.4 Å². The number of aliphatic imine (C=N–C) groups is 1. The third-order valence-electron chi connectivity index (χ3n) is 3.84. The van der Waals surface area contributed by atoms with Crippen LogP contribution in [0.2, 0.25) is 0 Å². The van der Waals surface area contributed by atoms with Gasteiger partial charge in [-0.1, -0.05) is 6.92 Å². The summed E-state index contributed by atoms with van der Waals surface area (Å²) in [6.07, 6.45) is 1.08. The molecule has 6 nitrogen and oxygen atoms in total. The fraction of sp³-hybridized carbons (Fsp3) is 0.867. The molecule has 1 fully saturated rings. The SMILES string of the molecule is CCNC(=NCCN1CCN(C(C)=O)CC1)NC(C)CC.I. The third kappa shape index (κ3) is 8.17. The summed E-state index contributed by atoms with van der Waals surface area (Å²) in [5.41, 5.74) is 0. The van der Waals surface area contributed by atoms with E-state index in [9.17, 15) is 4.79 Å². The minimum atomic E-state index is 0. The second-order valence-corrected chi connectivity index (χ2v) is 5.56. The van der Waals surface area contributed by atoms with Gasteiger partial charge in [-0.3, -0.25) is 14.7 Å². The molecule has 0 spiro atoms. The number of nitrogens with zero attached hydrogens (tertiary/aromatic N) is 3. The molecule has 0 bridgehead atoms. The van der Waals surface area contributed by atoms with E-state index in [0.29, 0.717) is 6.04 Å². The fourth-order valence-electron chi connectivity index (χ4n) is 2.25. The molecule has 1 heterocycles. The lowest BCUT2D eigenvalue weighted by molar-refractivity contribution is -0.130. The molecular formula is C15H32IN5O. The smallest absolute Gasteiger partial charge is 0.219 e. The Morgan fingerprint density at radius 3 is 2.36 bits per heavy atom. The molecule has 1 aliphatic rings. The lowest BCUT2D eigenvalue weighted by atomic mass is 10.3. The minimum absolute atomic E-state index is 0. The summed E-state index contributed by atoms with van der Waals surface area (Å²) in [7, 11) is 0. The van der Waals surface area contributed by atoms with Gasteiger partial charge in [0.25, 0.3) is 0 Å². The summed E-state index contributed by atoms with van der Waals surface area (Å²) < 4.78 is 0. The molecule has 1 saturated heterocycles. The Hall–Kier alpha value is -0.570. The van der Waals surface area contributed by atoms with E-state index in [-0.39, 0.29) is 29.9 Å². The molecule has 0 aromatic rings. The van der Waals surface area contributed by atoms with Crippen LogP contribution >= 0.6 is 24.0 Å². The molecule has 1 rings (SSSR count). The van der Waals surface area contributed by atoms with Crippen LogP contribution in [-0.4, -0.2) is 73.5 Å². The summed E-state index contributed by atoms with van der Waals surface area (Å²) in [5, 5.41) is 6.67. The van der Waals surface area contributed by atoms with Crippen molar-refractivity contribution < 1.29 is 4.79 Å². The highest BCUT2D eigenvalue weighted by Crippen LogP contribution is 2.01. The molecule has 0 aromatic heterocycles. The molecule has 0 radical (unpaired) electrons. The summed E-state index contributed by atoms with van der Waals surface area (Å²) in [4.78, 5) is 20.2. The highest BCUT2D eigenvalue weighted by atomic mass is 127. The van der Waals surface area contributed by atoms with E-state index in [0.717, 1.165) is 58.2 Å². The molecule has 1 unspecified atom stereocenters. The largest absolute Gasteiger partial charge is 0.357 e. The molecule has 22 heavy (non-hydrogen) atoms. The Morgan fingerprint density at radius 1 is 1.23 bits per heavy atom. The van der Waals surface area contributed by atoms with Gasteiger partial charge in [-0.25, -0.2) is 0 Å². The number of amides is 1. The Balaban J connectivity index is 0.00000441. The first-order valence-electron chi connectivity index (χ1n) is 8.09. The van der Waals surface area contributed by atoms with Gasteiger partial charge in [-0.2, -0.15) is 0 Å². The van der Waals surface area contributed by atoms with Gasteiger partial charge in [0.05, 0.1) is 6.54 Å². The maximum absolute atomic E-state index is 11.3. The topological polar surface area (TPSA) is 60.0 Å². The van der Waals surface area contributed by atoms with Crippen LogP contribution < -0.4 is 10.6 Å². The number of carbonyl (C=O) groups is 1. The van der Waals surface area contributed by atoms with E-state index >= 15 is 0 Å². The lowest BCUT2D eigenvalue weighted by Crippen LogP contribution is -2.48. The first-order chi connectivity index (χ1) is 10.1. The Morgan fingerprint density at radius 2 is 1.86 bits per heavy atom. The van der Waals surface area contributed by atoms with Gasteiger partial charge >= 0.3 is 0 Å². The second kappa shape index (κ2) is 11.9. The van der Waals surface area contributed by atoms with Gasteiger partial charge in [0, 0.05) is 52.2 Å². The number of guanidine groups is 1. The third-order valence-corrected chi connectivity index (χ3v) is 3.84. The second-order valence-electron chi connectivity index (χ2n) is 5.56. The Bertz CT molecular complexity index is 343. The van der Waals surface area contributed by atoms with E-state index in [1.807, 2.05) is 4.90 Å². The van der Waals surface area contributed by atoms with Gasteiger partial charge in [0.1, 0.15) is 0 Å². The summed E-state index contributed by atoms with van der Waals surface area (Å²) in [6, 6.07) is 0.432. The first kappa shape index (κ1) is 21.4. The quantitative estimate of drug-likeness (QED) is 0.381. The summed E-state index contributed by atoms with van der Waals surface area (Å²) in [5.74, 6) is 1.08. The van der Waals surface area contributed by atoms with E-state index in [4.69, 9.17) is 0 Å². The zero-order valence-electron chi connectivity index (χ0n) is 14.4. The van der Waals surface area contributed by atoms with E-state index in [2.05, 4.69) is 41.3 Å². The monoisotopic (exact) mass is 425 g/mol. The average molecular weight is 425 g/mol. The van der Waals surface area contributed by atoms with Crippen molar-refractivity contribution in [2.24, 2.45) is 4.99 Å². The van der Waals surface area contributed by atoms with E-state index < -0.39 is 0 Å². The predicted octanol–water partition coefficient (Wildman–Crippen LogP) is 1.12. The van der Waals surface area contributed by atoms with Crippen molar-refractivity contribution in [1.29, 1.82) is 0 Å². The number of halogens is 1. The van der Waals surface area contributed by atoms with Crippen molar-refractivity contribution >= 4 is 35.8 Å². The van der Waals surface area contributed by atoms with Crippen molar-refractivity contribution in [3.8, 4) is 0 Å². The van der Waals surface area contributed by atoms with Crippen LogP contribution in [0, 0.1) is 0 Å². The molecule has 1 aliphatic heterocycles. The van der Waals surface area contributed by atoms with Crippen LogP contribution in [-0.2, 0) is 4.79 Å². The maximum atomic E-state index is 11.3. The van der Waals surface area contributed by atoms with Crippen LogP contribution in [0.25, 0.3) is 0 Å². The predicted molar refractivity (Wildman–Crippen MR) is 103 cm³/mol.